The van der Waals surface area contributed by atoms with Crippen LogP contribution in [0, 0.1) is 6.57 Å². The van der Waals surface area contributed by atoms with Crippen molar-refractivity contribution in [3.63, 3.8) is 0 Å². The molecule has 2 radical (unpaired) electrons. The monoisotopic (exact) mass is 421 g/mol. The SMILES string of the molecule is [2H]OC[C@H]1O[C@@H]([B])[C@@H](O[Si](C)(C)C(C)(C)C)C1OP(=S)(NC)OCC[N+]#[C-]. The summed E-state index contributed by atoms with van der Waals surface area (Å²) in [6.07, 6.45) is -1.82. The zero-order valence-corrected chi connectivity index (χ0v) is 19.1. The molecule has 0 amide bonds. The van der Waals surface area contributed by atoms with Crippen molar-refractivity contribution >= 4 is 34.6 Å². The molecule has 0 saturated carbocycles. The van der Waals surface area contributed by atoms with Crippen LogP contribution in [0.4, 0.5) is 0 Å². The second-order valence-electron chi connectivity index (χ2n) is 7.65. The first-order valence-electron chi connectivity index (χ1n) is 8.94. The van der Waals surface area contributed by atoms with Gasteiger partial charge in [-0.25, -0.2) is 11.7 Å². The maximum atomic E-state index is 7.07. The summed E-state index contributed by atoms with van der Waals surface area (Å²) in [5, 5.41) is 7.39. The molecule has 1 aliphatic rings. The van der Waals surface area contributed by atoms with Crippen molar-refractivity contribution in [3.8, 4) is 0 Å². The molecule has 26 heavy (non-hydrogen) atoms. The Morgan fingerprint density at radius 3 is 2.62 bits per heavy atom. The molecule has 0 spiro atoms. The molecule has 0 aromatic carbocycles. The van der Waals surface area contributed by atoms with Gasteiger partial charge in [0.15, 0.2) is 8.32 Å². The fraction of sp³-hybridized carbons (Fsp3) is 0.933. The van der Waals surface area contributed by atoms with Gasteiger partial charge < -0.3 is 28.2 Å². The van der Waals surface area contributed by atoms with E-state index in [9.17, 15) is 0 Å². The largest absolute Gasteiger partial charge is 0.409 e. The van der Waals surface area contributed by atoms with Gasteiger partial charge >= 0.3 is 0 Å². The van der Waals surface area contributed by atoms with Gasteiger partial charge in [-0.15, -0.1) is 0 Å². The Bertz CT molecular complexity index is 577. The van der Waals surface area contributed by atoms with Crippen LogP contribution in [0.15, 0.2) is 0 Å². The van der Waals surface area contributed by atoms with Gasteiger partial charge in [0.1, 0.15) is 26.7 Å². The van der Waals surface area contributed by atoms with E-state index in [2.05, 4.69) is 48.9 Å². The number of rotatable bonds is 10. The molecule has 1 heterocycles. The van der Waals surface area contributed by atoms with E-state index in [1.807, 2.05) is 0 Å². The van der Waals surface area contributed by atoms with E-state index < -0.39 is 39.3 Å². The lowest BCUT2D eigenvalue weighted by atomic mass is 9.93. The molecule has 5 atom stereocenters. The zero-order chi connectivity index (χ0) is 20.9. The van der Waals surface area contributed by atoms with Crippen molar-refractivity contribution in [2.75, 3.05) is 26.8 Å². The van der Waals surface area contributed by atoms with E-state index in [1.165, 1.54) is 0 Å². The summed E-state index contributed by atoms with van der Waals surface area (Å²) in [7, 11) is 5.65. The molecule has 0 aromatic rings. The predicted octanol–water partition coefficient (Wildman–Crippen LogP) is 2.03. The Balaban J connectivity index is 3.06. The van der Waals surface area contributed by atoms with Crippen molar-refractivity contribution < 1.29 is 23.3 Å². The van der Waals surface area contributed by atoms with E-state index in [4.69, 9.17) is 45.9 Å². The zero-order valence-electron chi connectivity index (χ0n) is 17.4. The molecule has 7 nitrogen and oxygen atoms in total. The Kier molecular flexibility index (Phi) is 8.29. The van der Waals surface area contributed by atoms with Crippen molar-refractivity contribution in [2.24, 2.45) is 0 Å². The highest BCUT2D eigenvalue weighted by Crippen LogP contribution is 2.48. The molecule has 11 heteroatoms. The number of hydrogen-bond acceptors (Lipinski definition) is 6. The number of ether oxygens (including phenoxy) is 1. The van der Waals surface area contributed by atoms with Gasteiger partial charge in [0.05, 0.1) is 12.7 Å². The molecule has 0 aliphatic carbocycles. The van der Waals surface area contributed by atoms with Crippen molar-refractivity contribution in [3.05, 3.63) is 11.4 Å². The summed E-state index contributed by atoms with van der Waals surface area (Å²) >= 11 is 5.52. The van der Waals surface area contributed by atoms with Crippen molar-refractivity contribution in [2.45, 2.75) is 63.2 Å². The van der Waals surface area contributed by atoms with Crippen LogP contribution in [-0.4, -0.2) is 73.8 Å². The van der Waals surface area contributed by atoms with Crippen LogP contribution >= 0.6 is 6.64 Å². The molecular weight excluding hydrogens is 390 g/mol. The minimum absolute atomic E-state index is 0.0309. The minimum Gasteiger partial charge on any atom is -0.409 e. The van der Waals surface area contributed by atoms with Gasteiger partial charge in [-0.2, -0.15) is 0 Å². The van der Waals surface area contributed by atoms with E-state index in [0.717, 1.165) is 0 Å². The van der Waals surface area contributed by atoms with Crippen LogP contribution in [0.2, 0.25) is 18.1 Å². The standard InChI is InChI=1S/C15H30BN2O5PSSi/c1-15(2,3)26(6,7)23-13-12(11(10-19)21-14(13)16)22-24(25,18-5)20-9-8-17-4/h11-14,19H,8-10H2,1-3,5-7H3,(H,18,25)/t11-,12?,13+,14-,24?/m1/s1/i19D. The first-order valence-corrected chi connectivity index (χ1v) is 14.1. The molecule has 0 aromatic heterocycles. The first-order chi connectivity index (χ1) is 12.4. The quantitative estimate of drug-likeness (QED) is 0.242. The number of nitrogens with zero attached hydrogens (tertiary/aromatic N) is 1. The lowest BCUT2D eigenvalue weighted by Crippen LogP contribution is -2.50. The fourth-order valence-corrected chi connectivity index (χ4v) is 5.20. The van der Waals surface area contributed by atoms with Gasteiger partial charge in [0, 0.05) is 6.00 Å². The summed E-state index contributed by atoms with van der Waals surface area (Å²) in [5.41, 5.74) is 0. The van der Waals surface area contributed by atoms with Crippen LogP contribution in [-0.2, 0) is 30.0 Å². The Hall–Kier alpha value is 0.182. The van der Waals surface area contributed by atoms with E-state index in [-0.39, 0.29) is 24.8 Å². The third kappa shape index (κ3) is 6.09. The molecule has 1 saturated heterocycles. The second-order valence-corrected chi connectivity index (χ2v) is 15.8. The summed E-state index contributed by atoms with van der Waals surface area (Å²) < 4.78 is 31.0. The molecule has 2 unspecified atom stereocenters. The molecule has 1 rings (SSSR count). The minimum atomic E-state index is -2.89. The van der Waals surface area contributed by atoms with Gasteiger partial charge in [-0.05, 0) is 37.0 Å². The topological polar surface area (TPSA) is 73.5 Å². The third-order valence-corrected chi connectivity index (χ3v) is 11.9. The number of aliphatic hydroxyl groups excluding tert-OH is 1. The highest BCUT2D eigenvalue weighted by molar-refractivity contribution is 8.08. The van der Waals surface area contributed by atoms with Crippen LogP contribution in [0.1, 0.15) is 20.8 Å². The number of hydrogen-bond donors (Lipinski definition) is 2. The van der Waals surface area contributed by atoms with Crippen molar-refractivity contribution in [1.82, 2.24) is 5.09 Å². The second kappa shape index (κ2) is 9.59. The fourth-order valence-electron chi connectivity index (χ4n) is 2.18. The van der Waals surface area contributed by atoms with Gasteiger partial charge in [0.25, 0.3) is 6.64 Å². The van der Waals surface area contributed by atoms with Gasteiger partial charge in [-0.3, -0.25) is 0 Å². The van der Waals surface area contributed by atoms with E-state index in [1.54, 1.807) is 7.05 Å². The lowest BCUT2D eigenvalue weighted by Gasteiger charge is -2.41. The number of nitrogens with one attached hydrogen (secondary N) is 1. The van der Waals surface area contributed by atoms with E-state index >= 15 is 0 Å². The maximum Gasteiger partial charge on any atom is 0.261 e. The molecular formula is C15H30BN2O5PSSi. The molecule has 1 aliphatic heterocycles. The molecule has 2 N–H and O–H groups in total. The van der Waals surface area contributed by atoms with Gasteiger partial charge in [0.2, 0.25) is 7.98 Å². The lowest BCUT2D eigenvalue weighted by molar-refractivity contribution is 0.000346. The van der Waals surface area contributed by atoms with E-state index in [0.29, 0.717) is 0 Å². The smallest absolute Gasteiger partial charge is 0.261 e. The Morgan fingerprint density at radius 1 is 1.46 bits per heavy atom. The van der Waals surface area contributed by atoms with Crippen LogP contribution in [0.5, 0.6) is 0 Å². The summed E-state index contributed by atoms with van der Waals surface area (Å²) in [4.78, 5) is 3.26. The predicted molar refractivity (Wildman–Crippen MR) is 109 cm³/mol. The Labute approximate surface area is 166 Å². The molecule has 1 fully saturated rings. The van der Waals surface area contributed by atoms with Crippen LogP contribution < -0.4 is 5.09 Å². The third-order valence-electron chi connectivity index (χ3n) is 4.75. The highest BCUT2D eigenvalue weighted by Gasteiger charge is 2.50. The van der Waals surface area contributed by atoms with Crippen LogP contribution in [0.25, 0.3) is 4.85 Å². The van der Waals surface area contributed by atoms with Crippen molar-refractivity contribution in [1.29, 1.82) is 1.43 Å². The molecule has 148 valence electrons. The highest BCUT2D eigenvalue weighted by atomic mass is 32.5. The number of aliphatic hydroxyl groups is 1. The first kappa shape index (κ1) is 22.5. The average molecular weight is 421 g/mol. The molecule has 0 bridgehead atoms. The Morgan fingerprint density at radius 2 is 2.12 bits per heavy atom. The van der Waals surface area contributed by atoms with Gasteiger partial charge in [-0.1, -0.05) is 20.8 Å². The van der Waals surface area contributed by atoms with Crippen LogP contribution in [0.3, 0.4) is 0 Å². The average Bonchev–Trinajstić information content (AvgIpc) is 2.82. The normalized spacial score (nSPS) is 29.8. The maximum absolute atomic E-state index is 7.07. The summed E-state index contributed by atoms with van der Waals surface area (Å²) in [6, 6.07) is -0.729. The summed E-state index contributed by atoms with van der Waals surface area (Å²) in [6.45, 7) is 14.9. The summed E-state index contributed by atoms with van der Waals surface area (Å²) in [5.74, 6) is 0.